The van der Waals surface area contributed by atoms with Crippen LogP contribution in [-0.2, 0) is 11.3 Å². The monoisotopic (exact) mass is 290 g/mol. The molecule has 1 aromatic carbocycles. The van der Waals surface area contributed by atoms with E-state index in [0.29, 0.717) is 11.6 Å². The van der Waals surface area contributed by atoms with Crippen molar-refractivity contribution in [2.24, 2.45) is 0 Å². The summed E-state index contributed by atoms with van der Waals surface area (Å²) in [5.74, 6) is -0.246. The summed E-state index contributed by atoms with van der Waals surface area (Å²) in [6.07, 6.45) is 1.20. The van der Waals surface area contributed by atoms with Crippen LogP contribution in [0.2, 0.25) is 0 Å². The fraction of sp³-hybridized carbons (Fsp3) is 0.588. The number of ether oxygens (including phenoxy) is 1. The van der Waals surface area contributed by atoms with E-state index in [1.807, 2.05) is 24.3 Å². The van der Waals surface area contributed by atoms with Crippen molar-refractivity contribution in [1.29, 1.82) is 0 Å². The van der Waals surface area contributed by atoms with Gasteiger partial charge in [0.15, 0.2) is 0 Å². The molecule has 4 nitrogen and oxygen atoms in total. The number of carbonyl (C=O) groups is 1. The molecule has 1 heterocycles. The zero-order chi connectivity index (χ0) is 15.2. The number of esters is 1. The molecule has 0 radical (unpaired) electrons. The number of methoxy groups -OCH3 is 1. The minimum absolute atomic E-state index is 0.246. The van der Waals surface area contributed by atoms with Crippen molar-refractivity contribution < 1.29 is 9.53 Å². The predicted molar refractivity (Wildman–Crippen MR) is 84.4 cm³/mol. The molecule has 0 N–H and O–H groups in total. The highest BCUT2D eigenvalue weighted by molar-refractivity contribution is 5.90. The summed E-state index contributed by atoms with van der Waals surface area (Å²) in [6, 6.07) is 8.40. The molecule has 21 heavy (non-hydrogen) atoms. The Balaban J connectivity index is 1.96. The molecule has 0 spiro atoms. The Hall–Kier alpha value is -1.39. The molecule has 0 amide bonds. The van der Waals surface area contributed by atoms with Crippen molar-refractivity contribution in [1.82, 2.24) is 9.80 Å². The minimum atomic E-state index is -0.246. The Kier molecular flexibility index (Phi) is 5.76. The maximum atomic E-state index is 11.8. The highest BCUT2D eigenvalue weighted by Crippen LogP contribution is 2.15. The Morgan fingerprint density at radius 2 is 1.90 bits per heavy atom. The maximum absolute atomic E-state index is 11.8. The van der Waals surface area contributed by atoms with Crippen LogP contribution in [0, 0.1) is 0 Å². The molecule has 1 aliphatic heterocycles. The summed E-state index contributed by atoms with van der Waals surface area (Å²) in [4.78, 5) is 16.8. The SMILES string of the molecule is CCC(C)N1CCN(Cc2ccccc2C(=O)OC)CC1. The highest BCUT2D eigenvalue weighted by atomic mass is 16.5. The number of hydrogen-bond acceptors (Lipinski definition) is 4. The quantitative estimate of drug-likeness (QED) is 0.780. The molecule has 1 aliphatic rings. The van der Waals surface area contributed by atoms with Gasteiger partial charge in [0.1, 0.15) is 0 Å². The molecule has 4 heteroatoms. The first kappa shape index (κ1) is 16.0. The van der Waals surface area contributed by atoms with Crippen LogP contribution in [0.25, 0.3) is 0 Å². The van der Waals surface area contributed by atoms with Gasteiger partial charge in [-0.3, -0.25) is 9.80 Å². The largest absolute Gasteiger partial charge is 0.465 e. The van der Waals surface area contributed by atoms with E-state index < -0.39 is 0 Å². The van der Waals surface area contributed by atoms with Crippen molar-refractivity contribution in [3.8, 4) is 0 Å². The molecule has 2 rings (SSSR count). The summed E-state index contributed by atoms with van der Waals surface area (Å²) >= 11 is 0. The van der Waals surface area contributed by atoms with Crippen LogP contribution >= 0.6 is 0 Å². The third kappa shape index (κ3) is 4.05. The lowest BCUT2D eigenvalue weighted by Crippen LogP contribution is -2.49. The van der Waals surface area contributed by atoms with E-state index in [9.17, 15) is 4.79 Å². The second-order valence-electron chi connectivity index (χ2n) is 5.72. The summed E-state index contributed by atoms with van der Waals surface area (Å²) in [6.45, 7) is 9.68. The van der Waals surface area contributed by atoms with Crippen molar-refractivity contribution >= 4 is 5.97 Å². The number of piperazine rings is 1. The number of carbonyl (C=O) groups excluding carboxylic acids is 1. The zero-order valence-electron chi connectivity index (χ0n) is 13.3. The second-order valence-corrected chi connectivity index (χ2v) is 5.72. The Morgan fingerprint density at radius 3 is 2.52 bits per heavy atom. The van der Waals surface area contributed by atoms with E-state index in [0.717, 1.165) is 38.3 Å². The van der Waals surface area contributed by atoms with Crippen LogP contribution in [0.1, 0.15) is 36.2 Å². The molecular formula is C17H26N2O2. The van der Waals surface area contributed by atoms with Crippen molar-refractivity contribution in [3.05, 3.63) is 35.4 Å². The standard InChI is InChI=1S/C17H26N2O2/c1-4-14(2)19-11-9-18(10-12-19)13-15-7-5-6-8-16(15)17(20)21-3/h5-8,14H,4,9-13H2,1-3H3. The molecule has 0 aliphatic carbocycles. The Labute approximate surface area is 127 Å². The molecule has 1 atom stereocenters. The molecule has 116 valence electrons. The van der Waals surface area contributed by atoms with Gasteiger partial charge in [0.2, 0.25) is 0 Å². The first-order valence-corrected chi connectivity index (χ1v) is 7.78. The van der Waals surface area contributed by atoms with Crippen LogP contribution in [-0.4, -0.2) is 55.1 Å². The molecule has 0 aromatic heterocycles. The lowest BCUT2D eigenvalue weighted by molar-refractivity contribution is 0.0595. The topological polar surface area (TPSA) is 32.8 Å². The molecule has 1 aromatic rings. The van der Waals surface area contributed by atoms with E-state index in [1.165, 1.54) is 13.5 Å². The summed E-state index contributed by atoms with van der Waals surface area (Å²) in [5.41, 5.74) is 1.74. The number of hydrogen-bond donors (Lipinski definition) is 0. The van der Waals surface area contributed by atoms with Gasteiger partial charge in [0.05, 0.1) is 12.7 Å². The number of nitrogens with zero attached hydrogens (tertiary/aromatic N) is 2. The normalized spacial score (nSPS) is 18.4. The van der Waals surface area contributed by atoms with Crippen LogP contribution in [0.3, 0.4) is 0 Å². The van der Waals surface area contributed by atoms with Gasteiger partial charge in [-0.2, -0.15) is 0 Å². The van der Waals surface area contributed by atoms with Crippen molar-refractivity contribution in [2.45, 2.75) is 32.9 Å². The average Bonchev–Trinajstić information content (AvgIpc) is 2.54. The lowest BCUT2D eigenvalue weighted by atomic mass is 10.1. The lowest BCUT2D eigenvalue weighted by Gasteiger charge is -2.38. The van der Waals surface area contributed by atoms with E-state index in [2.05, 4.69) is 23.6 Å². The van der Waals surface area contributed by atoms with Gasteiger partial charge in [-0.15, -0.1) is 0 Å². The molecule has 0 saturated carbocycles. The van der Waals surface area contributed by atoms with Crippen molar-refractivity contribution in [2.75, 3.05) is 33.3 Å². The molecule has 1 unspecified atom stereocenters. The Morgan fingerprint density at radius 1 is 1.24 bits per heavy atom. The molecule has 0 bridgehead atoms. The maximum Gasteiger partial charge on any atom is 0.338 e. The fourth-order valence-corrected chi connectivity index (χ4v) is 2.83. The Bertz CT molecular complexity index is 468. The van der Waals surface area contributed by atoms with E-state index >= 15 is 0 Å². The average molecular weight is 290 g/mol. The zero-order valence-corrected chi connectivity index (χ0v) is 13.3. The van der Waals surface area contributed by atoms with Gasteiger partial charge in [-0.25, -0.2) is 4.79 Å². The molecular weight excluding hydrogens is 264 g/mol. The number of benzene rings is 1. The third-order valence-corrected chi connectivity index (χ3v) is 4.44. The highest BCUT2D eigenvalue weighted by Gasteiger charge is 2.21. The second kappa shape index (κ2) is 7.57. The van der Waals surface area contributed by atoms with Crippen LogP contribution in [0.4, 0.5) is 0 Å². The smallest absolute Gasteiger partial charge is 0.338 e. The number of rotatable bonds is 5. The summed E-state index contributed by atoms with van der Waals surface area (Å²) in [7, 11) is 1.43. The molecule has 1 fully saturated rings. The fourth-order valence-electron chi connectivity index (χ4n) is 2.83. The van der Waals surface area contributed by atoms with Gasteiger partial charge in [0, 0.05) is 38.8 Å². The van der Waals surface area contributed by atoms with Gasteiger partial charge in [0.25, 0.3) is 0 Å². The van der Waals surface area contributed by atoms with E-state index in [1.54, 1.807) is 0 Å². The third-order valence-electron chi connectivity index (χ3n) is 4.44. The first-order valence-electron chi connectivity index (χ1n) is 7.78. The molecule has 1 saturated heterocycles. The van der Waals surface area contributed by atoms with Gasteiger partial charge < -0.3 is 4.74 Å². The van der Waals surface area contributed by atoms with E-state index in [-0.39, 0.29) is 5.97 Å². The minimum Gasteiger partial charge on any atom is -0.465 e. The van der Waals surface area contributed by atoms with Gasteiger partial charge in [-0.1, -0.05) is 25.1 Å². The summed E-state index contributed by atoms with van der Waals surface area (Å²) in [5, 5.41) is 0. The van der Waals surface area contributed by atoms with Crippen LogP contribution in [0.15, 0.2) is 24.3 Å². The predicted octanol–water partition coefficient (Wildman–Crippen LogP) is 2.39. The first-order chi connectivity index (χ1) is 10.2. The summed E-state index contributed by atoms with van der Waals surface area (Å²) < 4.78 is 4.86. The van der Waals surface area contributed by atoms with Gasteiger partial charge >= 0.3 is 5.97 Å². The van der Waals surface area contributed by atoms with Crippen molar-refractivity contribution in [3.63, 3.8) is 0 Å². The van der Waals surface area contributed by atoms with E-state index in [4.69, 9.17) is 4.74 Å². The van der Waals surface area contributed by atoms with Crippen LogP contribution < -0.4 is 0 Å². The van der Waals surface area contributed by atoms with Gasteiger partial charge in [-0.05, 0) is 25.0 Å². The van der Waals surface area contributed by atoms with Crippen LogP contribution in [0.5, 0.6) is 0 Å².